The molecule has 0 aromatic carbocycles. The van der Waals surface area contributed by atoms with Gasteiger partial charge in [0.25, 0.3) is 0 Å². The van der Waals surface area contributed by atoms with E-state index < -0.39 is 0 Å². The molecule has 0 radical (unpaired) electrons. The predicted molar refractivity (Wildman–Crippen MR) is 104 cm³/mol. The SMILES string of the molecule is CCOC(=O)c1c(C)[nH]c(-c2csc(-c3c(C)nc4sccn34)n2)c1C. The van der Waals surface area contributed by atoms with Crippen LogP contribution in [0.5, 0.6) is 0 Å². The number of aryl methyl sites for hydroxylation is 2. The fourth-order valence-corrected chi connectivity index (χ4v) is 4.83. The summed E-state index contributed by atoms with van der Waals surface area (Å²) in [4.78, 5) is 25.9. The summed E-state index contributed by atoms with van der Waals surface area (Å²) in [5.41, 5.74) is 5.92. The van der Waals surface area contributed by atoms with Crippen LogP contribution in [-0.4, -0.2) is 31.9 Å². The summed E-state index contributed by atoms with van der Waals surface area (Å²) in [6, 6.07) is 0. The second-order valence-electron chi connectivity index (χ2n) is 5.98. The van der Waals surface area contributed by atoms with E-state index in [9.17, 15) is 4.79 Å². The molecule has 0 aliphatic rings. The molecule has 26 heavy (non-hydrogen) atoms. The number of ether oxygens (including phenoxy) is 1. The number of hydrogen-bond acceptors (Lipinski definition) is 6. The van der Waals surface area contributed by atoms with Gasteiger partial charge in [0.1, 0.15) is 10.7 Å². The summed E-state index contributed by atoms with van der Waals surface area (Å²) >= 11 is 3.18. The minimum atomic E-state index is -0.299. The molecule has 4 heterocycles. The average molecular weight is 387 g/mol. The normalized spacial score (nSPS) is 11.4. The number of imidazole rings is 1. The summed E-state index contributed by atoms with van der Waals surface area (Å²) in [5, 5.41) is 4.94. The van der Waals surface area contributed by atoms with Gasteiger partial charge in [-0.25, -0.2) is 14.8 Å². The topological polar surface area (TPSA) is 72.3 Å². The Hall–Kier alpha value is -2.45. The first kappa shape index (κ1) is 17.0. The van der Waals surface area contributed by atoms with Crippen LogP contribution in [0.25, 0.3) is 27.1 Å². The second kappa shape index (κ2) is 6.37. The molecule has 0 atom stereocenters. The van der Waals surface area contributed by atoms with Crippen molar-refractivity contribution in [3.8, 4) is 22.1 Å². The first-order valence-corrected chi connectivity index (χ1v) is 10.0. The van der Waals surface area contributed by atoms with Crippen molar-refractivity contribution in [2.24, 2.45) is 0 Å². The number of carbonyl (C=O) groups excluding carboxylic acids is 1. The summed E-state index contributed by atoms with van der Waals surface area (Å²) in [6.07, 6.45) is 2.01. The minimum Gasteiger partial charge on any atom is -0.462 e. The highest BCUT2D eigenvalue weighted by molar-refractivity contribution is 7.15. The van der Waals surface area contributed by atoms with Crippen molar-refractivity contribution in [3.63, 3.8) is 0 Å². The molecule has 4 aromatic rings. The van der Waals surface area contributed by atoms with Crippen molar-refractivity contribution >= 4 is 33.6 Å². The largest absolute Gasteiger partial charge is 0.462 e. The van der Waals surface area contributed by atoms with Gasteiger partial charge in [-0.15, -0.1) is 22.7 Å². The van der Waals surface area contributed by atoms with E-state index in [1.54, 1.807) is 22.7 Å². The van der Waals surface area contributed by atoms with E-state index >= 15 is 0 Å². The zero-order valence-electron chi connectivity index (χ0n) is 14.9. The van der Waals surface area contributed by atoms with Gasteiger partial charge in [0.2, 0.25) is 0 Å². The maximum absolute atomic E-state index is 12.2. The molecule has 1 N–H and O–H groups in total. The molecule has 0 bridgehead atoms. The first-order chi connectivity index (χ1) is 12.5. The fourth-order valence-electron chi connectivity index (χ4n) is 3.16. The van der Waals surface area contributed by atoms with E-state index in [0.717, 1.165) is 44.0 Å². The van der Waals surface area contributed by atoms with Crippen molar-refractivity contribution in [2.75, 3.05) is 6.61 Å². The van der Waals surface area contributed by atoms with E-state index in [1.165, 1.54) is 0 Å². The van der Waals surface area contributed by atoms with E-state index in [4.69, 9.17) is 9.72 Å². The Labute approximate surface area is 158 Å². The highest BCUT2D eigenvalue weighted by atomic mass is 32.1. The van der Waals surface area contributed by atoms with Gasteiger partial charge < -0.3 is 9.72 Å². The molecule has 0 spiro atoms. The van der Waals surface area contributed by atoms with Crippen LogP contribution >= 0.6 is 22.7 Å². The second-order valence-corrected chi connectivity index (χ2v) is 7.72. The van der Waals surface area contributed by atoms with Crippen molar-refractivity contribution in [1.82, 2.24) is 19.4 Å². The third kappa shape index (κ3) is 2.57. The van der Waals surface area contributed by atoms with Gasteiger partial charge in [-0.3, -0.25) is 4.40 Å². The third-order valence-electron chi connectivity index (χ3n) is 4.32. The van der Waals surface area contributed by atoms with Gasteiger partial charge in [0, 0.05) is 22.7 Å². The third-order valence-corrected chi connectivity index (χ3v) is 5.92. The number of thiazole rings is 2. The quantitative estimate of drug-likeness (QED) is 0.520. The maximum atomic E-state index is 12.2. The van der Waals surface area contributed by atoms with Gasteiger partial charge in [-0.2, -0.15) is 0 Å². The number of hydrogen-bond donors (Lipinski definition) is 1. The summed E-state index contributed by atoms with van der Waals surface area (Å²) in [5.74, 6) is -0.299. The zero-order chi connectivity index (χ0) is 18.4. The predicted octanol–water partition coefficient (Wildman–Crippen LogP) is 4.62. The van der Waals surface area contributed by atoms with Crippen molar-refractivity contribution in [1.29, 1.82) is 0 Å². The molecule has 0 aliphatic carbocycles. The van der Waals surface area contributed by atoms with Crippen LogP contribution in [0, 0.1) is 20.8 Å². The summed E-state index contributed by atoms with van der Waals surface area (Å²) in [6.45, 7) is 7.97. The Balaban J connectivity index is 1.78. The van der Waals surface area contributed by atoms with Crippen LogP contribution in [0.15, 0.2) is 17.0 Å². The molecule has 0 saturated carbocycles. The van der Waals surface area contributed by atoms with Crippen molar-refractivity contribution in [2.45, 2.75) is 27.7 Å². The molecular weight excluding hydrogens is 368 g/mol. The Morgan fingerprint density at radius 3 is 2.85 bits per heavy atom. The zero-order valence-corrected chi connectivity index (χ0v) is 16.5. The summed E-state index contributed by atoms with van der Waals surface area (Å²) < 4.78 is 7.24. The first-order valence-electron chi connectivity index (χ1n) is 8.26. The maximum Gasteiger partial charge on any atom is 0.340 e. The number of aromatic nitrogens is 4. The molecule has 6 nitrogen and oxygen atoms in total. The lowest BCUT2D eigenvalue weighted by Crippen LogP contribution is -2.06. The number of esters is 1. The lowest BCUT2D eigenvalue weighted by atomic mass is 10.1. The van der Waals surface area contributed by atoms with E-state index in [0.29, 0.717) is 12.2 Å². The number of nitrogens with one attached hydrogen (secondary N) is 1. The smallest absolute Gasteiger partial charge is 0.340 e. The van der Waals surface area contributed by atoms with Crippen LogP contribution in [0.4, 0.5) is 0 Å². The van der Waals surface area contributed by atoms with Crippen LogP contribution in [0.3, 0.4) is 0 Å². The monoisotopic (exact) mass is 386 g/mol. The highest BCUT2D eigenvalue weighted by Gasteiger charge is 2.22. The molecule has 8 heteroatoms. The fraction of sp³-hybridized carbons (Fsp3) is 0.278. The summed E-state index contributed by atoms with van der Waals surface area (Å²) in [7, 11) is 0. The van der Waals surface area contributed by atoms with Crippen LogP contribution in [0.2, 0.25) is 0 Å². The van der Waals surface area contributed by atoms with Gasteiger partial charge in [-0.1, -0.05) is 0 Å². The van der Waals surface area contributed by atoms with Gasteiger partial charge in [-0.05, 0) is 33.3 Å². The Bertz CT molecular complexity index is 1120. The molecular formula is C18H18N4O2S2. The number of fused-ring (bicyclic) bond motifs is 1. The van der Waals surface area contributed by atoms with Crippen LogP contribution < -0.4 is 0 Å². The minimum absolute atomic E-state index is 0.299. The lowest BCUT2D eigenvalue weighted by Gasteiger charge is -2.02. The van der Waals surface area contributed by atoms with Crippen LogP contribution in [0.1, 0.15) is 34.2 Å². The van der Waals surface area contributed by atoms with E-state index in [1.807, 2.05) is 44.7 Å². The van der Waals surface area contributed by atoms with Gasteiger partial charge >= 0.3 is 5.97 Å². The number of rotatable bonds is 4. The van der Waals surface area contributed by atoms with Gasteiger partial charge in [0.15, 0.2) is 4.96 Å². The Morgan fingerprint density at radius 2 is 2.08 bits per heavy atom. The molecule has 0 unspecified atom stereocenters. The number of nitrogens with zero attached hydrogens (tertiary/aromatic N) is 3. The standard InChI is InChI=1S/C18H18N4O2S2/c1-5-24-17(23)13-9(2)14(19-10(13)3)12-8-26-16(21-12)15-11(4)20-18-22(15)6-7-25-18/h6-8,19H,5H2,1-4H3. The molecule has 0 saturated heterocycles. The molecule has 0 amide bonds. The Kier molecular flexibility index (Phi) is 4.16. The highest BCUT2D eigenvalue weighted by Crippen LogP contribution is 2.34. The lowest BCUT2D eigenvalue weighted by molar-refractivity contribution is 0.0525. The van der Waals surface area contributed by atoms with Crippen molar-refractivity contribution in [3.05, 3.63) is 39.5 Å². The molecule has 4 aromatic heterocycles. The van der Waals surface area contributed by atoms with E-state index in [2.05, 4.69) is 14.4 Å². The Morgan fingerprint density at radius 1 is 1.27 bits per heavy atom. The molecule has 134 valence electrons. The van der Waals surface area contributed by atoms with Gasteiger partial charge in [0.05, 0.1) is 29.3 Å². The molecule has 4 rings (SSSR count). The van der Waals surface area contributed by atoms with Crippen molar-refractivity contribution < 1.29 is 9.53 Å². The average Bonchev–Trinajstić information content (AvgIpc) is 3.32. The van der Waals surface area contributed by atoms with Crippen LogP contribution in [-0.2, 0) is 4.74 Å². The number of H-pyrrole nitrogens is 1. The molecule has 0 fully saturated rings. The molecule has 0 aliphatic heterocycles. The number of aromatic amines is 1. The number of carbonyl (C=O) groups is 1. The van der Waals surface area contributed by atoms with E-state index in [-0.39, 0.29) is 5.97 Å².